The van der Waals surface area contributed by atoms with Crippen LogP contribution in [-0.2, 0) is 6.42 Å². The molecular formula is C13H11FO2S. The molecule has 0 unspecified atom stereocenters. The quantitative estimate of drug-likeness (QED) is 0.899. The molecule has 0 bridgehead atoms. The van der Waals surface area contributed by atoms with Gasteiger partial charge in [-0.2, -0.15) is 0 Å². The molecule has 0 aliphatic rings. The lowest BCUT2D eigenvalue weighted by molar-refractivity contribution is 0.0693. The van der Waals surface area contributed by atoms with Crippen LogP contribution in [0.25, 0.3) is 10.4 Å². The Morgan fingerprint density at radius 1 is 1.47 bits per heavy atom. The van der Waals surface area contributed by atoms with E-state index in [9.17, 15) is 9.18 Å². The van der Waals surface area contributed by atoms with Crippen molar-refractivity contribution in [3.8, 4) is 10.4 Å². The van der Waals surface area contributed by atoms with Crippen molar-refractivity contribution in [2.45, 2.75) is 13.3 Å². The third-order valence-electron chi connectivity index (χ3n) is 2.55. The van der Waals surface area contributed by atoms with Crippen molar-refractivity contribution in [1.82, 2.24) is 0 Å². The fourth-order valence-electron chi connectivity index (χ4n) is 1.65. The Morgan fingerprint density at radius 3 is 2.82 bits per heavy atom. The molecule has 0 aliphatic heterocycles. The van der Waals surface area contributed by atoms with Crippen LogP contribution in [0.4, 0.5) is 4.39 Å². The van der Waals surface area contributed by atoms with Crippen LogP contribution in [0.3, 0.4) is 0 Å². The number of rotatable bonds is 3. The normalized spacial score (nSPS) is 10.5. The van der Waals surface area contributed by atoms with Crippen LogP contribution >= 0.6 is 11.3 Å². The summed E-state index contributed by atoms with van der Waals surface area (Å²) in [5.74, 6) is -1.93. The Hall–Kier alpha value is -1.68. The molecule has 0 saturated heterocycles. The zero-order chi connectivity index (χ0) is 12.4. The largest absolute Gasteiger partial charge is 0.478 e. The molecule has 0 amide bonds. The van der Waals surface area contributed by atoms with E-state index in [-0.39, 0.29) is 5.56 Å². The Balaban J connectivity index is 2.58. The molecule has 1 aromatic carbocycles. The number of benzene rings is 1. The standard InChI is InChI=1S/C13H11FO2S/c1-2-8-6-11(17-7-8)9-4-3-5-10(14)12(9)13(15)16/h3-7H,2H2,1H3,(H,15,16). The van der Waals surface area contributed by atoms with Gasteiger partial charge >= 0.3 is 5.97 Å². The van der Waals surface area contributed by atoms with E-state index in [1.165, 1.54) is 23.5 Å². The maximum absolute atomic E-state index is 13.5. The summed E-state index contributed by atoms with van der Waals surface area (Å²) in [6, 6.07) is 6.24. The molecule has 1 heterocycles. The molecule has 0 fully saturated rings. The average Bonchev–Trinajstić information content (AvgIpc) is 2.76. The second-order valence-corrected chi connectivity index (χ2v) is 4.55. The molecule has 0 saturated carbocycles. The number of aryl methyl sites for hydroxylation is 1. The molecule has 2 rings (SSSR count). The number of carboxylic acids is 1. The first kappa shape index (κ1) is 11.8. The molecule has 1 aromatic heterocycles. The van der Waals surface area contributed by atoms with Gasteiger partial charge < -0.3 is 5.11 Å². The Morgan fingerprint density at radius 2 is 2.24 bits per heavy atom. The third kappa shape index (κ3) is 2.22. The number of aromatic carboxylic acids is 1. The SMILES string of the molecule is CCc1csc(-c2cccc(F)c2C(=O)O)c1. The molecule has 88 valence electrons. The van der Waals surface area contributed by atoms with E-state index in [1.807, 2.05) is 18.4 Å². The molecule has 0 atom stereocenters. The first-order chi connectivity index (χ1) is 8.13. The van der Waals surface area contributed by atoms with E-state index in [1.54, 1.807) is 6.07 Å². The van der Waals surface area contributed by atoms with Gasteiger partial charge in [-0.3, -0.25) is 0 Å². The zero-order valence-corrected chi connectivity index (χ0v) is 10.1. The smallest absolute Gasteiger partial charge is 0.339 e. The lowest BCUT2D eigenvalue weighted by atomic mass is 10.0. The summed E-state index contributed by atoms with van der Waals surface area (Å²) in [5, 5.41) is 11.0. The Bertz CT molecular complexity index is 560. The van der Waals surface area contributed by atoms with Gasteiger partial charge in [0.1, 0.15) is 11.4 Å². The second kappa shape index (κ2) is 4.67. The Labute approximate surface area is 102 Å². The minimum Gasteiger partial charge on any atom is -0.478 e. The summed E-state index contributed by atoms with van der Waals surface area (Å²) in [5.41, 5.74) is 1.32. The summed E-state index contributed by atoms with van der Waals surface area (Å²) >= 11 is 1.44. The highest BCUT2D eigenvalue weighted by Gasteiger charge is 2.17. The molecule has 2 nitrogen and oxygen atoms in total. The van der Waals surface area contributed by atoms with Crippen LogP contribution in [-0.4, -0.2) is 11.1 Å². The zero-order valence-electron chi connectivity index (χ0n) is 9.24. The summed E-state index contributed by atoms with van der Waals surface area (Å²) < 4.78 is 13.5. The number of hydrogen-bond acceptors (Lipinski definition) is 2. The number of halogens is 1. The van der Waals surface area contributed by atoms with Crippen LogP contribution < -0.4 is 0 Å². The van der Waals surface area contributed by atoms with Crippen molar-refractivity contribution in [2.24, 2.45) is 0 Å². The first-order valence-corrected chi connectivity index (χ1v) is 6.11. The van der Waals surface area contributed by atoms with E-state index in [4.69, 9.17) is 5.11 Å². The van der Waals surface area contributed by atoms with E-state index in [2.05, 4.69) is 0 Å². The van der Waals surface area contributed by atoms with E-state index in [0.29, 0.717) is 5.56 Å². The predicted octanol–water partition coefficient (Wildman–Crippen LogP) is 3.81. The molecule has 0 aliphatic carbocycles. The molecule has 0 radical (unpaired) electrons. The topological polar surface area (TPSA) is 37.3 Å². The summed E-state index contributed by atoms with van der Waals surface area (Å²) in [7, 11) is 0. The second-order valence-electron chi connectivity index (χ2n) is 3.64. The van der Waals surface area contributed by atoms with Gasteiger partial charge in [0.15, 0.2) is 0 Å². The molecular weight excluding hydrogens is 239 g/mol. The monoisotopic (exact) mass is 250 g/mol. The van der Waals surface area contributed by atoms with Gasteiger partial charge in [0, 0.05) is 10.4 Å². The predicted molar refractivity (Wildman–Crippen MR) is 66.1 cm³/mol. The van der Waals surface area contributed by atoms with Gasteiger partial charge in [-0.25, -0.2) is 9.18 Å². The van der Waals surface area contributed by atoms with Crippen LogP contribution in [0, 0.1) is 5.82 Å². The van der Waals surface area contributed by atoms with E-state index in [0.717, 1.165) is 16.9 Å². The fourth-order valence-corrected chi connectivity index (χ4v) is 2.68. The average molecular weight is 250 g/mol. The van der Waals surface area contributed by atoms with Crippen LogP contribution in [0.1, 0.15) is 22.8 Å². The minimum absolute atomic E-state index is 0.253. The number of hydrogen-bond donors (Lipinski definition) is 1. The lowest BCUT2D eigenvalue weighted by Gasteiger charge is -2.04. The fraction of sp³-hybridized carbons (Fsp3) is 0.154. The summed E-state index contributed by atoms with van der Waals surface area (Å²) in [4.78, 5) is 11.8. The van der Waals surface area contributed by atoms with Crippen molar-refractivity contribution >= 4 is 17.3 Å². The molecule has 1 N–H and O–H groups in total. The van der Waals surface area contributed by atoms with Crippen molar-refractivity contribution in [1.29, 1.82) is 0 Å². The van der Waals surface area contributed by atoms with Crippen molar-refractivity contribution in [3.63, 3.8) is 0 Å². The van der Waals surface area contributed by atoms with Gasteiger partial charge in [0.25, 0.3) is 0 Å². The van der Waals surface area contributed by atoms with E-state index < -0.39 is 11.8 Å². The molecule has 2 aromatic rings. The van der Waals surface area contributed by atoms with Crippen LogP contribution in [0.5, 0.6) is 0 Å². The maximum Gasteiger partial charge on any atom is 0.339 e. The van der Waals surface area contributed by atoms with Gasteiger partial charge in [-0.1, -0.05) is 19.1 Å². The van der Waals surface area contributed by atoms with Crippen molar-refractivity contribution in [3.05, 3.63) is 46.6 Å². The van der Waals surface area contributed by atoms with Crippen molar-refractivity contribution in [2.75, 3.05) is 0 Å². The summed E-state index contributed by atoms with van der Waals surface area (Å²) in [6.07, 6.45) is 0.883. The van der Waals surface area contributed by atoms with Crippen LogP contribution in [0.15, 0.2) is 29.6 Å². The highest BCUT2D eigenvalue weighted by atomic mass is 32.1. The summed E-state index contributed by atoms with van der Waals surface area (Å²) in [6.45, 7) is 2.02. The highest BCUT2D eigenvalue weighted by molar-refractivity contribution is 7.13. The molecule has 17 heavy (non-hydrogen) atoms. The minimum atomic E-state index is -1.23. The van der Waals surface area contributed by atoms with Gasteiger partial charge in [0.2, 0.25) is 0 Å². The number of thiophene rings is 1. The molecule has 4 heteroatoms. The number of carbonyl (C=O) groups is 1. The van der Waals surface area contributed by atoms with Crippen molar-refractivity contribution < 1.29 is 14.3 Å². The lowest BCUT2D eigenvalue weighted by Crippen LogP contribution is -2.02. The highest BCUT2D eigenvalue weighted by Crippen LogP contribution is 2.31. The Kier molecular flexibility index (Phi) is 3.24. The first-order valence-electron chi connectivity index (χ1n) is 5.23. The number of carboxylic acid groups (broad SMARTS) is 1. The van der Waals surface area contributed by atoms with E-state index >= 15 is 0 Å². The van der Waals surface area contributed by atoms with Crippen LogP contribution in [0.2, 0.25) is 0 Å². The third-order valence-corrected chi connectivity index (χ3v) is 3.57. The van der Waals surface area contributed by atoms with Gasteiger partial charge in [0.05, 0.1) is 0 Å². The van der Waals surface area contributed by atoms with Gasteiger partial charge in [-0.15, -0.1) is 11.3 Å². The maximum atomic E-state index is 13.5. The van der Waals surface area contributed by atoms with Gasteiger partial charge in [-0.05, 0) is 29.5 Å². The molecule has 0 spiro atoms.